The van der Waals surface area contributed by atoms with Crippen molar-refractivity contribution in [2.45, 2.75) is 13.3 Å². The number of thioether (sulfide) groups is 1. The Morgan fingerprint density at radius 3 is 2.69 bits per heavy atom. The van der Waals surface area contributed by atoms with E-state index in [-0.39, 0.29) is 18.9 Å². The molecule has 6 nitrogen and oxygen atoms in total. The molecule has 1 aliphatic rings. The highest BCUT2D eigenvalue weighted by Crippen LogP contribution is 2.39. The molecule has 0 unspecified atom stereocenters. The molecule has 0 spiro atoms. The SMILES string of the molecule is Cc1ccc(-c2c(OC(=O)CCN3C(=O)/C(=C/c4cccs4)SC3=S)ccc3oc(=O)sc23)cc1. The van der Waals surface area contributed by atoms with Gasteiger partial charge in [-0.15, -0.1) is 11.3 Å². The summed E-state index contributed by atoms with van der Waals surface area (Å²) in [6.45, 7) is 2.09. The molecule has 35 heavy (non-hydrogen) atoms. The second-order valence-corrected chi connectivity index (χ2v) is 11.3. The van der Waals surface area contributed by atoms with E-state index < -0.39 is 10.9 Å². The Morgan fingerprint density at radius 2 is 1.94 bits per heavy atom. The second kappa shape index (κ2) is 9.90. The number of benzene rings is 2. The maximum atomic E-state index is 12.8. The highest BCUT2D eigenvalue weighted by molar-refractivity contribution is 8.26. The van der Waals surface area contributed by atoms with Gasteiger partial charge in [-0.2, -0.15) is 0 Å². The van der Waals surface area contributed by atoms with Crippen molar-refractivity contribution in [2.75, 3.05) is 6.54 Å². The van der Waals surface area contributed by atoms with E-state index >= 15 is 0 Å². The van der Waals surface area contributed by atoms with Crippen LogP contribution in [0.4, 0.5) is 0 Å². The number of aryl methyl sites for hydroxylation is 1. The number of nitrogens with zero attached hydrogens (tertiary/aromatic N) is 1. The van der Waals surface area contributed by atoms with Crippen molar-refractivity contribution in [1.29, 1.82) is 0 Å². The zero-order valence-electron chi connectivity index (χ0n) is 18.3. The first kappa shape index (κ1) is 23.7. The van der Waals surface area contributed by atoms with E-state index in [0.717, 1.165) is 27.3 Å². The van der Waals surface area contributed by atoms with E-state index in [2.05, 4.69) is 0 Å². The lowest BCUT2D eigenvalue weighted by atomic mass is 10.0. The Hall–Kier alpha value is -3.05. The van der Waals surface area contributed by atoms with Crippen LogP contribution in [0.3, 0.4) is 0 Å². The molecule has 0 atom stereocenters. The summed E-state index contributed by atoms with van der Waals surface area (Å²) in [5.74, 6) is -0.401. The van der Waals surface area contributed by atoms with Gasteiger partial charge in [0.2, 0.25) is 0 Å². The highest BCUT2D eigenvalue weighted by Gasteiger charge is 2.32. The van der Waals surface area contributed by atoms with Gasteiger partial charge in [-0.25, -0.2) is 4.79 Å². The van der Waals surface area contributed by atoms with Crippen molar-refractivity contribution in [2.24, 2.45) is 0 Å². The molecule has 1 fully saturated rings. The minimum absolute atomic E-state index is 0.0360. The fourth-order valence-corrected chi connectivity index (χ4v) is 6.43. The van der Waals surface area contributed by atoms with Gasteiger partial charge < -0.3 is 9.15 Å². The number of rotatable bonds is 6. The number of hydrogen-bond acceptors (Lipinski definition) is 9. The Morgan fingerprint density at radius 1 is 1.14 bits per heavy atom. The van der Waals surface area contributed by atoms with Crippen molar-refractivity contribution >= 4 is 79.2 Å². The number of hydrogen-bond donors (Lipinski definition) is 0. The second-order valence-electron chi connectivity index (χ2n) is 7.66. The third kappa shape index (κ3) is 5.01. The highest BCUT2D eigenvalue weighted by atomic mass is 32.2. The fourth-order valence-electron chi connectivity index (χ4n) is 3.57. The van der Waals surface area contributed by atoms with Crippen molar-refractivity contribution in [3.05, 3.63) is 79.0 Å². The molecular formula is C25H17NO5S4. The number of esters is 1. The van der Waals surface area contributed by atoms with Gasteiger partial charge in [0.1, 0.15) is 15.7 Å². The molecule has 10 heteroatoms. The number of amides is 1. The van der Waals surface area contributed by atoms with Crippen LogP contribution < -0.4 is 9.68 Å². The first-order chi connectivity index (χ1) is 16.9. The van der Waals surface area contributed by atoms with Gasteiger partial charge in [0.05, 0.1) is 16.0 Å². The lowest BCUT2D eigenvalue weighted by Gasteiger charge is -2.15. The summed E-state index contributed by atoms with van der Waals surface area (Å²) in [6.07, 6.45) is 1.77. The Balaban J connectivity index is 1.34. The smallest absolute Gasteiger partial charge is 0.396 e. The molecule has 0 saturated carbocycles. The van der Waals surface area contributed by atoms with E-state index in [1.807, 2.05) is 54.8 Å². The first-order valence-corrected chi connectivity index (χ1v) is 13.4. The molecule has 2 aromatic carbocycles. The quantitative estimate of drug-likeness (QED) is 0.127. The summed E-state index contributed by atoms with van der Waals surface area (Å²) in [4.78, 5) is 40.0. The van der Waals surface area contributed by atoms with Gasteiger partial charge in [-0.1, -0.05) is 71.2 Å². The Kier molecular flexibility index (Phi) is 6.70. The largest absolute Gasteiger partial charge is 0.426 e. The van der Waals surface area contributed by atoms with Crippen LogP contribution in [-0.4, -0.2) is 27.6 Å². The van der Waals surface area contributed by atoms with Crippen molar-refractivity contribution in [3.63, 3.8) is 0 Å². The molecular weight excluding hydrogens is 523 g/mol. The van der Waals surface area contributed by atoms with Crippen LogP contribution in [0.2, 0.25) is 0 Å². The number of thiophene rings is 1. The molecule has 0 radical (unpaired) electrons. The van der Waals surface area contributed by atoms with Crippen LogP contribution in [0.5, 0.6) is 5.75 Å². The van der Waals surface area contributed by atoms with Gasteiger partial charge in [-0.3, -0.25) is 14.5 Å². The van der Waals surface area contributed by atoms with Crippen LogP contribution in [0.15, 0.2) is 68.0 Å². The van der Waals surface area contributed by atoms with E-state index in [4.69, 9.17) is 21.4 Å². The summed E-state index contributed by atoms with van der Waals surface area (Å²) in [5.41, 5.74) is 2.94. The molecule has 0 bridgehead atoms. The molecule has 3 heterocycles. The molecule has 4 aromatic rings. The summed E-state index contributed by atoms with van der Waals surface area (Å²) in [7, 11) is 0. The average Bonchev–Trinajstić information content (AvgIpc) is 3.53. The molecule has 5 rings (SSSR count). The maximum absolute atomic E-state index is 12.8. The van der Waals surface area contributed by atoms with Crippen LogP contribution in [0.25, 0.3) is 27.5 Å². The van der Waals surface area contributed by atoms with Crippen molar-refractivity contribution < 1.29 is 18.7 Å². The molecule has 1 amide bonds. The van der Waals surface area contributed by atoms with E-state index in [1.54, 1.807) is 12.1 Å². The molecule has 0 aliphatic carbocycles. The summed E-state index contributed by atoms with van der Waals surface area (Å²) < 4.78 is 12.0. The van der Waals surface area contributed by atoms with Crippen molar-refractivity contribution in [1.82, 2.24) is 4.90 Å². The van der Waals surface area contributed by atoms with Gasteiger partial charge >= 0.3 is 10.9 Å². The normalized spacial score (nSPS) is 14.9. The predicted molar refractivity (Wildman–Crippen MR) is 145 cm³/mol. The first-order valence-electron chi connectivity index (χ1n) is 10.5. The number of carbonyl (C=O) groups excluding carboxylic acids is 2. The predicted octanol–water partition coefficient (Wildman–Crippen LogP) is 6.09. The molecule has 0 N–H and O–H groups in total. The van der Waals surface area contributed by atoms with Crippen LogP contribution in [-0.2, 0) is 9.59 Å². The minimum atomic E-state index is -0.509. The summed E-state index contributed by atoms with van der Waals surface area (Å²) in [6, 6.07) is 14.8. The number of carbonyl (C=O) groups is 2. The number of fused-ring (bicyclic) bond motifs is 1. The summed E-state index contributed by atoms with van der Waals surface area (Å²) in [5, 5.41) is 1.94. The Bertz CT molecular complexity index is 1530. The van der Waals surface area contributed by atoms with Crippen molar-refractivity contribution in [3.8, 4) is 16.9 Å². The lowest BCUT2D eigenvalue weighted by molar-refractivity contribution is -0.134. The third-order valence-corrected chi connectivity index (χ3v) is 8.31. The molecule has 1 saturated heterocycles. The monoisotopic (exact) mass is 539 g/mol. The van der Waals surface area contributed by atoms with Crippen LogP contribution >= 0.6 is 46.7 Å². The van der Waals surface area contributed by atoms with E-state index in [9.17, 15) is 14.4 Å². The van der Waals surface area contributed by atoms with E-state index in [1.165, 1.54) is 28.0 Å². The van der Waals surface area contributed by atoms with Gasteiger partial charge in [0.15, 0.2) is 0 Å². The molecule has 2 aromatic heterocycles. The number of thiocarbonyl (C=S) groups is 1. The molecule has 1 aliphatic heterocycles. The van der Waals surface area contributed by atoms with Gasteiger partial charge in [0.25, 0.3) is 5.91 Å². The van der Waals surface area contributed by atoms with E-state index in [0.29, 0.717) is 30.8 Å². The summed E-state index contributed by atoms with van der Waals surface area (Å²) >= 11 is 9.08. The van der Waals surface area contributed by atoms with Crippen LogP contribution in [0, 0.1) is 6.92 Å². The third-order valence-electron chi connectivity index (χ3n) is 5.26. The minimum Gasteiger partial charge on any atom is -0.426 e. The fraction of sp³-hybridized carbons (Fsp3) is 0.120. The average molecular weight is 540 g/mol. The van der Waals surface area contributed by atoms with Crippen LogP contribution in [0.1, 0.15) is 16.9 Å². The molecule has 176 valence electrons. The zero-order chi connectivity index (χ0) is 24.5. The topological polar surface area (TPSA) is 76.8 Å². The standard InChI is InChI=1S/C25H17NO5S4/c1-14-4-6-15(7-5-14)21-17(8-9-18-22(21)35-25(29)31-18)30-20(27)10-11-26-23(28)19(34-24(26)32)13-16-3-2-12-33-16/h2-9,12-13H,10-11H2,1H3/b19-13-. The van der Waals surface area contributed by atoms with Gasteiger partial charge in [0, 0.05) is 17.0 Å². The lowest BCUT2D eigenvalue weighted by Crippen LogP contribution is -2.31. The maximum Gasteiger partial charge on any atom is 0.396 e. The number of ether oxygens (including phenoxy) is 1. The zero-order valence-corrected chi connectivity index (χ0v) is 21.6. The van der Waals surface area contributed by atoms with Gasteiger partial charge in [-0.05, 0) is 42.1 Å². The Labute approximate surface area is 217 Å².